The van der Waals surface area contributed by atoms with Gasteiger partial charge < -0.3 is 10.4 Å². The van der Waals surface area contributed by atoms with Crippen LogP contribution in [-0.4, -0.2) is 28.9 Å². The Labute approximate surface area is 111 Å². The van der Waals surface area contributed by atoms with E-state index in [1.807, 2.05) is 0 Å². The number of carbonyl (C=O) groups excluding carboxylic acids is 1. The number of hydrogen-bond acceptors (Lipinski definition) is 3. The van der Waals surface area contributed by atoms with Gasteiger partial charge >= 0.3 is 0 Å². The van der Waals surface area contributed by atoms with Gasteiger partial charge in [-0.15, -0.1) is 11.8 Å². The van der Waals surface area contributed by atoms with Crippen molar-refractivity contribution in [3.63, 3.8) is 0 Å². The Hall–Kier alpha value is -1.07. The number of rotatable bonds is 6. The highest BCUT2D eigenvalue weighted by atomic mass is 32.2. The van der Waals surface area contributed by atoms with Gasteiger partial charge in [0.25, 0.3) is 0 Å². The van der Waals surface area contributed by atoms with E-state index >= 15 is 0 Å². The molecule has 5 heteroatoms. The molecule has 0 atom stereocenters. The molecule has 0 unspecified atom stereocenters. The van der Waals surface area contributed by atoms with Gasteiger partial charge in [-0.05, 0) is 31.5 Å². The maximum atomic E-state index is 12.7. The van der Waals surface area contributed by atoms with Crippen molar-refractivity contribution in [2.75, 3.05) is 12.4 Å². The van der Waals surface area contributed by atoms with Crippen molar-refractivity contribution in [3.8, 4) is 0 Å². The van der Waals surface area contributed by atoms with Crippen LogP contribution in [0.1, 0.15) is 19.4 Å². The summed E-state index contributed by atoms with van der Waals surface area (Å²) in [4.78, 5) is 11.6. The number of aliphatic hydroxyl groups is 1. The van der Waals surface area contributed by atoms with Crippen molar-refractivity contribution >= 4 is 17.7 Å². The fourth-order valence-corrected chi connectivity index (χ4v) is 2.08. The first-order valence-electron chi connectivity index (χ1n) is 5.67. The summed E-state index contributed by atoms with van der Waals surface area (Å²) in [5.74, 6) is 0.612. The van der Waals surface area contributed by atoms with Gasteiger partial charge in [0.15, 0.2) is 0 Å². The van der Waals surface area contributed by atoms with Crippen LogP contribution >= 0.6 is 11.8 Å². The van der Waals surface area contributed by atoms with Crippen molar-refractivity contribution in [2.45, 2.75) is 25.1 Å². The zero-order chi connectivity index (χ0) is 13.6. The molecule has 1 aromatic carbocycles. The Bertz CT molecular complexity index is 392. The van der Waals surface area contributed by atoms with E-state index in [0.29, 0.717) is 11.5 Å². The fraction of sp³-hybridized carbons (Fsp3) is 0.462. The predicted octanol–water partition coefficient (Wildman–Crippen LogP) is 1.95. The molecule has 1 rings (SSSR count). The summed E-state index contributed by atoms with van der Waals surface area (Å²) in [6.07, 6.45) is 0. The number of carbonyl (C=O) groups is 1. The molecule has 0 radical (unpaired) electrons. The molecule has 2 N–H and O–H groups in total. The highest BCUT2D eigenvalue weighted by molar-refractivity contribution is 7.99. The van der Waals surface area contributed by atoms with Gasteiger partial charge in [-0.2, -0.15) is 0 Å². The molecule has 100 valence electrons. The molecule has 3 nitrogen and oxygen atoms in total. The normalized spacial score (nSPS) is 11.3. The lowest BCUT2D eigenvalue weighted by Crippen LogP contribution is -2.47. The standard InChI is InChI=1S/C13H18FNO2S/c1-13(2,9-16)15-12(17)8-18-7-10-3-5-11(14)6-4-10/h3-6,16H,7-9H2,1-2H3,(H,15,17). The number of halogens is 1. The topological polar surface area (TPSA) is 49.3 Å². The molecule has 0 saturated carbocycles. The zero-order valence-electron chi connectivity index (χ0n) is 10.6. The molecular weight excluding hydrogens is 253 g/mol. The maximum Gasteiger partial charge on any atom is 0.230 e. The van der Waals surface area contributed by atoms with Crippen LogP contribution in [0, 0.1) is 5.82 Å². The number of nitrogens with one attached hydrogen (secondary N) is 1. The molecule has 0 aliphatic rings. The van der Waals surface area contributed by atoms with E-state index < -0.39 is 5.54 Å². The SMILES string of the molecule is CC(C)(CO)NC(=O)CSCc1ccc(F)cc1. The first kappa shape index (κ1) is 15.0. The van der Waals surface area contributed by atoms with E-state index in [1.165, 1.54) is 23.9 Å². The third-order valence-electron chi connectivity index (χ3n) is 2.29. The number of aliphatic hydroxyl groups excluding tert-OH is 1. The maximum absolute atomic E-state index is 12.7. The summed E-state index contributed by atoms with van der Waals surface area (Å²) in [6.45, 7) is 3.42. The lowest BCUT2D eigenvalue weighted by molar-refractivity contribution is -0.120. The Morgan fingerprint density at radius 3 is 2.56 bits per heavy atom. The molecule has 0 aliphatic carbocycles. The van der Waals surface area contributed by atoms with E-state index in [-0.39, 0.29) is 18.3 Å². The van der Waals surface area contributed by atoms with Crippen LogP contribution in [-0.2, 0) is 10.5 Å². The minimum Gasteiger partial charge on any atom is -0.394 e. The number of hydrogen-bond donors (Lipinski definition) is 2. The molecular formula is C13H18FNO2S. The highest BCUT2D eigenvalue weighted by Crippen LogP contribution is 2.13. The number of benzene rings is 1. The average Bonchev–Trinajstić information content (AvgIpc) is 2.31. The number of thioether (sulfide) groups is 1. The van der Waals surface area contributed by atoms with Gasteiger partial charge in [0, 0.05) is 5.75 Å². The fourth-order valence-electron chi connectivity index (χ4n) is 1.30. The first-order chi connectivity index (χ1) is 8.43. The van der Waals surface area contributed by atoms with Gasteiger partial charge in [0.05, 0.1) is 17.9 Å². The largest absolute Gasteiger partial charge is 0.394 e. The Kier molecular flexibility index (Phi) is 5.62. The molecule has 0 heterocycles. The molecule has 18 heavy (non-hydrogen) atoms. The number of amides is 1. The van der Waals surface area contributed by atoms with Crippen LogP contribution in [0.3, 0.4) is 0 Å². The monoisotopic (exact) mass is 271 g/mol. The van der Waals surface area contributed by atoms with E-state index in [1.54, 1.807) is 26.0 Å². The summed E-state index contributed by atoms with van der Waals surface area (Å²) in [5, 5.41) is 11.7. The van der Waals surface area contributed by atoms with Gasteiger partial charge in [0.1, 0.15) is 5.82 Å². The molecule has 1 aromatic rings. The van der Waals surface area contributed by atoms with Crippen LogP contribution in [0.5, 0.6) is 0 Å². The molecule has 1 amide bonds. The lowest BCUT2D eigenvalue weighted by atomic mass is 10.1. The molecule has 0 aliphatic heterocycles. The van der Waals surface area contributed by atoms with Crippen molar-refractivity contribution in [1.82, 2.24) is 5.32 Å². The van der Waals surface area contributed by atoms with Crippen molar-refractivity contribution in [1.29, 1.82) is 0 Å². The summed E-state index contributed by atoms with van der Waals surface area (Å²) >= 11 is 1.46. The van der Waals surface area contributed by atoms with Crippen molar-refractivity contribution in [3.05, 3.63) is 35.6 Å². The average molecular weight is 271 g/mol. The minimum absolute atomic E-state index is 0.0959. The highest BCUT2D eigenvalue weighted by Gasteiger charge is 2.18. The summed E-state index contributed by atoms with van der Waals surface area (Å²) in [5.41, 5.74) is 0.392. The summed E-state index contributed by atoms with van der Waals surface area (Å²) in [6, 6.07) is 6.23. The van der Waals surface area contributed by atoms with Gasteiger partial charge in [-0.3, -0.25) is 4.79 Å². The molecule has 0 fully saturated rings. The van der Waals surface area contributed by atoms with E-state index in [2.05, 4.69) is 5.32 Å². The molecule has 0 bridgehead atoms. The third-order valence-corrected chi connectivity index (χ3v) is 3.29. The first-order valence-corrected chi connectivity index (χ1v) is 6.82. The Morgan fingerprint density at radius 2 is 2.00 bits per heavy atom. The lowest BCUT2D eigenvalue weighted by Gasteiger charge is -2.23. The van der Waals surface area contributed by atoms with Crippen molar-refractivity contribution < 1.29 is 14.3 Å². The van der Waals surface area contributed by atoms with Crippen LogP contribution in [0.2, 0.25) is 0 Å². The summed E-state index contributed by atoms with van der Waals surface area (Å²) in [7, 11) is 0. The van der Waals surface area contributed by atoms with Crippen LogP contribution in [0.25, 0.3) is 0 Å². The van der Waals surface area contributed by atoms with Crippen molar-refractivity contribution in [2.24, 2.45) is 0 Å². The van der Waals surface area contributed by atoms with E-state index in [0.717, 1.165) is 5.56 Å². The third kappa shape index (κ3) is 5.51. The Balaban J connectivity index is 2.29. The quantitative estimate of drug-likeness (QED) is 0.831. The smallest absolute Gasteiger partial charge is 0.230 e. The van der Waals surface area contributed by atoms with Crippen LogP contribution < -0.4 is 5.32 Å². The minimum atomic E-state index is -0.590. The molecule has 0 spiro atoms. The van der Waals surface area contributed by atoms with E-state index in [9.17, 15) is 9.18 Å². The van der Waals surface area contributed by atoms with Crippen LogP contribution in [0.15, 0.2) is 24.3 Å². The molecule has 0 saturated heterocycles. The van der Waals surface area contributed by atoms with Gasteiger partial charge in [0.2, 0.25) is 5.91 Å². The van der Waals surface area contributed by atoms with Gasteiger partial charge in [-0.1, -0.05) is 12.1 Å². The van der Waals surface area contributed by atoms with Gasteiger partial charge in [-0.25, -0.2) is 4.39 Å². The second kappa shape index (κ2) is 6.75. The predicted molar refractivity (Wildman–Crippen MR) is 71.9 cm³/mol. The molecule has 0 aromatic heterocycles. The van der Waals surface area contributed by atoms with E-state index in [4.69, 9.17) is 5.11 Å². The second-order valence-corrected chi connectivity index (χ2v) is 5.70. The second-order valence-electron chi connectivity index (χ2n) is 4.71. The summed E-state index contributed by atoms with van der Waals surface area (Å²) < 4.78 is 12.7. The van der Waals surface area contributed by atoms with Crippen LogP contribution in [0.4, 0.5) is 4.39 Å². The Morgan fingerprint density at radius 1 is 1.39 bits per heavy atom. The zero-order valence-corrected chi connectivity index (χ0v) is 11.4.